The summed E-state index contributed by atoms with van der Waals surface area (Å²) in [4.78, 5) is 2.78. The molecule has 18 heavy (non-hydrogen) atoms. The highest BCUT2D eigenvalue weighted by molar-refractivity contribution is 5.40. The second-order valence-electron chi connectivity index (χ2n) is 3.01. The molecule has 0 aliphatic rings. The van der Waals surface area contributed by atoms with Crippen LogP contribution in [0, 0.1) is 0 Å². The first-order chi connectivity index (χ1) is 8.04. The Balaban J connectivity index is 3.27. The van der Waals surface area contributed by atoms with Gasteiger partial charge < -0.3 is 14.9 Å². The van der Waals surface area contributed by atoms with E-state index in [9.17, 15) is 26.3 Å². The Morgan fingerprint density at radius 2 is 1.72 bits per heavy atom. The zero-order valence-corrected chi connectivity index (χ0v) is 8.30. The van der Waals surface area contributed by atoms with E-state index >= 15 is 0 Å². The molecule has 1 aromatic rings. The van der Waals surface area contributed by atoms with Crippen LogP contribution < -0.4 is 4.74 Å². The van der Waals surface area contributed by atoms with E-state index in [1.807, 2.05) is 0 Å². The van der Waals surface area contributed by atoms with Crippen LogP contribution in [-0.4, -0.2) is 21.6 Å². The highest BCUT2D eigenvalue weighted by atomic mass is 19.4. The zero-order valence-electron chi connectivity index (χ0n) is 8.30. The molecular formula is C8H5F6NO3. The molecule has 0 amide bonds. The quantitative estimate of drug-likeness (QED) is 0.813. The summed E-state index contributed by atoms with van der Waals surface area (Å²) in [5.74, 6) is -2.89. The van der Waals surface area contributed by atoms with Gasteiger partial charge in [0.25, 0.3) is 5.88 Å². The summed E-state index contributed by atoms with van der Waals surface area (Å²) < 4.78 is 75.8. The summed E-state index contributed by atoms with van der Waals surface area (Å²) >= 11 is 0. The molecule has 0 aromatic carbocycles. The lowest BCUT2D eigenvalue weighted by atomic mass is 10.2. The average molecular weight is 277 g/mol. The largest absolute Gasteiger partial charge is 0.574 e. The maximum Gasteiger partial charge on any atom is 0.574 e. The van der Waals surface area contributed by atoms with Gasteiger partial charge in [0.1, 0.15) is 0 Å². The van der Waals surface area contributed by atoms with Gasteiger partial charge in [-0.2, -0.15) is 13.2 Å². The van der Waals surface area contributed by atoms with Crippen LogP contribution in [0.1, 0.15) is 11.3 Å². The molecule has 0 bridgehead atoms. The maximum absolute atomic E-state index is 12.4. The predicted octanol–water partition coefficient (Wildman–Crippen LogP) is 2.20. The topological polar surface area (TPSA) is 62.6 Å². The number of rotatable bonds is 2. The molecule has 0 unspecified atom stereocenters. The Morgan fingerprint density at radius 3 is 2.11 bits per heavy atom. The number of alkyl halides is 6. The summed E-state index contributed by atoms with van der Waals surface area (Å²) in [5, 5.41) is 17.6. The molecule has 0 atom stereocenters. The first kappa shape index (κ1) is 14.4. The van der Waals surface area contributed by atoms with Crippen LogP contribution in [-0.2, 0) is 12.8 Å². The van der Waals surface area contributed by atoms with Gasteiger partial charge in [-0.3, -0.25) is 0 Å². The number of halogens is 6. The van der Waals surface area contributed by atoms with Crippen molar-refractivity contribution in [3.05, 3.63) is 17.3 Å². The van der Waals surface area contributed by atoms with Crippen molar-refractivity contribution in [3.8, 4) is 11.6 Å². The highest BCUT2D eigenvalue weighted by Gasteiger charge is 2.38. The molecule has 1 aromatic heterocycles. The van der Waals surface area contributed by atoms with Crippen LogP contribution in [0.3, 0.4) is 0 Å². The molecule has 1 rings (SSSR count). The van der Waals surface area contributed by atoms with Crippen molar-refractivity contribution in [1.82, 2.24) is 4.98 Å². The first-order valence-electron chi connectivity index (χ1n) is 4.21. The third-order valence-corrected chi connectivity index (χ3v) is 1.72. The minimum absolute atomic E-state index is 0.000370. The van der Waals surface area contributed by atoms with Gasteiger partial charge in [-0.05, 0) is 6.07 Å². The number of aliphatic hydroxyl groups is 1. The van der Waals surface area contributed by atoms with E-state index in [-0.39, 0.29) is 6.07 Å². The first-order valence-corrected chi connectivity index (χ1v) is 4.21. The summed E-state index contributed by atoms with van der Waals surface area (Å²) in [6.45, 7) is -1.26. The monoisotopic (exact) mass is 277 g/mol. The second kappa shape index (κ2) is 4.52. The van der Waals surface area contributed by atoms with Crippen LogP contribution in [0.2, 0.25) is 0 Å². The lowest BCUT2D eigenvalue weighted by Crippen LogP contribution is -2.19. The van der Waals surface area contributed by atoms with Gasteiger partial charge in [-0.25, -0.2) is 4.98 Å². The average Bonchev–Trinajstić information content (AvgIpc) is 2.17. The van der Waals surface area contributed by atoms with E-state index in [0.29, 0.717) is 0 Å². The van der Waals surface area contributed by atoms with E-state index in [1.54, 1.807) is 0 Å². The maximum atomic E-state index is 12.4. The van der Waals surface area contributed by atoms with Crippen molar-refractivity contribution in [2.75, 3.05) is 0 Å². The van der Waals surface area contributed by atoms with Crippen molar-refractivity contribution >= 4 is 0 Å². The molecule has 0 aliphatic carbocycles. The molecule has 0 aliphatic heterocycles. The molecule has 4 nitrogen and oxygen atoms in total. The molecule has 0 fully saturated rings. The van der Waals surface area contributed by atoms with Crippen molar-refractivity contribution in [1.29, 1.82) is 0 Å². The van der Waals surface area contributed by atoms with Gasteiger partial charge in [0, 0.05) is 0 Å². The third kappa shape index (κ3) is 3.39. The number of hydrogen-bond donors (Lipinski definition) is 2. The smallest absolute Gasteiger partial charge is 0.503 e. The summed E-state index contributed by atoms with van der Waals surface area (Å²) in [5.41, 5.74) is -2.63. The second-order valence-corrected chi connectivity index (χ2v) is 3.01. The van der Waals surface area contributed by atoms with Gasteiger partial charge in [-0.1, -0.05) is 0 Å². The third-order valence-electron chi connectivity index (χ3n) is 1.72. The number of aromatic nitrogens is 1. The predicted molar refractivity (Wildman–Crippen MR) is 43.5 cm³/mol. The molecule has 10 heteroatoms. The van der Waals surface area contributed by atoms with E-state index in [1.165, 1.54) is 0 Å². The Kier molecular flexibility index (Phi) is 3.60. The van der Waals surface area contributed by atoms with Gasteiger partial charge in [0.15, 0.2) is 5.75 Å². The molecule has 0 radical (unpaired) electrons. The lowest BCUT2D eigenvalue weighted by molar-refractivity contribution is -0.276. The fourth-order valence-corrected chi connectivity index (χ4v) is 1.07. The summed E-state index contributed by atoms with van der Waals surface area (Å²) in [6, 6.07) is -0.000370. The Hall–Kier alpha value is -1.71. The molecule has 102 valence electrons. The van der Waals surface area contributed by atoms with Gasteiger partial charge >= 0.3 is 12.5 Å². The fraction of sp³-hybridized carbons (Fsp3) is 0.375. The van der Waals surface area contributed by atoms with E-state index < -0.39 is 42.0 Å². The van der Waals surface area contributed by atoms with Crippen molar-refractivity contribution < 1.29 is 41.3 Å². The Labute approximate surface area is 95.4 Å². The van der Waals surface area contributed by atoms with E-state index in [0.717, 1.165) is 0 Å². The Bertz CT molecular complexity index is 442. The van der Waals surface area contributed by atoms with Crippen LogP contribution in [0.5, 0.6) is 11.6 Å². The molecule has 0 saturated carbocycles. The number of aliphatic hydroxyl groups excluding tert-OH is 1. The van der Waals surface area contributed by atoms with E-state index in [4.69, 9.17) is 10.2 Å². The molecule has 1 heterocycles. The van der Waals surface area contributed by atoms with Crippen LogP contribution >= 0.6 is 0 Å². The molecular weight excluding hydrogens is 272 g/mol. The SMILES string of the molecule is OCc1nc(OC(F)(F)F)c(O)cc1C(F)(F)F. The standard InChI is InChI=1S/C8H5F6NO3/c9-7(10,11)3-1-5(17)6(15-4(3)2-16)18-8(12,13)14/h1,16-17H,2H2. The summed E-state index contributed by atoms with van der Waals surface area (Å²) in [6.07, 6.45) is -10.2. The van der Waals surface area contributed by atoms with Gasteiger partial charge in [0.2, 0.25) is 0 Å². The van der Waals surface area contributed by atoms with Crippen LogP contribution in [0.15, 0.2) is 6.07 Å². The zero-order chi connectivity index (χ0) is 14.1. The number of pyridine rings is 1. The van der Waals surface area contributed by atoms with E-state index in [2.05, 4.69) is 9.72 Å². The number of ether oxygens (including phenoxy) is 1. The Morgan fingerprint density at radius 1 is 1.17 bits per heavy atom. The molecule has 2 N–H and O–H groups in total. The molecule has 0 saturated heterocycles. The van der Waals surface area contributed by atoms with Crippen LogP contribution in [0.4, 0.5) is 26.3 Å². The minimum atomic E-state index is -5.23. The number of aromatic hydroxyl groups is 1. The lowest BCUT2D eigenvalue weighted by Gasteiger charge is -2.14. The number of nitrogens with zero attached hydrogens (tertiary/aromatic N) is 1. The van der Waals surface area contributed by atoms with Gasteiger partial charge in [-0.15, -0.1) is 13.2 Å². The van der Waals surface area contributed by atoms with Crippen molar-refractivity contribution in [2.45, 2.75) is 19.1 Å². The van der Waals surface area contributed by atoms with Crippen LogP contribution in [0.25, 0.3) is 0 Å². The highest BCUT2D eigenvalue weighted by Crippen LogP contribution is 2.38. The van der Waals surface area contributed by atoms with Gasteiger partial charge in [0.05, 0.1) is 17.9 Å². The molecule has 0 spiro atoms. The number of hydrogen-bond acceptors (Lipinski definition) is 4. The van der Waals surface area contributed by atoms with Crippen molar-refractivity contribution in [3.63, 3.8) is 0 Å². The van der Waals surface area contributed by atoms with Crippen molar-refractivity contribution in [2.24, 2.45) is 0 Å². The minimum Gasteiger partial charge on any atom is -0.503 e. The fourth-order valence-electron chi connectivity index (χ4n) is 1.07. The normalized spacial score (nSPS) is 12.6. The summed E-state index contributed by atoms with van der Waals surface area (Å²) in [7, 11) is 0.